The molecule has 0 saturated heterocycles. The van der Waals surface area contributed by atoms with Crippen molar-refractivity contribution in [2.75, 3.05) is 13.2 Å². The van der Waals surface area contributed by atoms with Crippen LogP contribution >= 0.6 is 0 Å². The van der Waals surface area contributed by atoms with Gasteiger partial charge in [-0.05, 0) is 25.2 Å². The summed E-state index contributed by atoms with van der Waals surface area (Å²) < 4.78 is 16.9. The van der Waals surface area contributed by atoms with Crippen LogP contribution in [0.5, 0.6) is 0 Å². The minimum absolute atomic E-state index is 0.0621. The zero-order valence-electron chi connectivity index (χ0n) is 43.0. The molecule has 0 aromatic rings. The van der Waals surface area contributed by atoms with E-state index in [1.165, 1.54) is 218 Å². The van der Waals surface area contributed by atoms with E-state index >= 15 is 0 Å². The van der Waals surface area contributed by atoms with Gasteiger partial charge in [0.05, 0.1) is 0 Å². The summed E-state index contributed by atoms with van der Waals surface area (Å²) in [4.78, 5) is 38.1. The molecule has 0 rings (SSSR count). The first-order valence-electron chi connectivity index (χ1n) is 28.4. The number of unbranched alkanes of at least 4 members (excludes halogenated alkanes) is 39. The van der Waals surface area contributed by atoms with Crippen LogP contribution in [0.4, 0.5) is 0 Å². The van der Waals surface area contributed by atoms with E-state index in [0.717, 1.165) is 63.7 Å². The van der Waals surface area contributed by atoms with E-state index in [9.17, 15) is 14.4 Å². The van der Waals surface area contributed by atoms with Crippen LogP contribution in [0, 0.1) is 5.92 Å². The molecule has 0 amide bonds. The maximum Gasteiger partial charge on any atom is 0.306 e. The lowest BCUT2D eigenvalue weighted by Crippen LogP contribution is -2.30. The lowest BCUT2D eigenvalue weighted by atomic mass is 10.0. The average Bonchev–Trinajstić information content (AvgIpc) is 3.27. The Hall–Kier alpha value is -1.59. The van der Waals surface area contributed by atoms with Crippen LogP contribution in [0.1, 0.15) is 323 Å². The quantitative estimate of drug-likeness (QED) is 0.0344. The zero-order valence-corrected chi connectivity index (χ0v) is 43.0. The van der Waals surface area contributed by atoms with Gasteiger partial charge in [0.15, 0.2) is 6.10 Å². The Labute approximate surface area is 393 Å². The van der Waals surface area contributed by atoms with Crippen molar-refractivity contribution in [1.29, 1.82) is 0 Å². The van der Waals surface area contributed by atoms with Crippen molar-refractivity contribution in [1.82, 2.24) is 0 Å². The molecule has 6 nitrogen and oxygen atoms in total. The van der Waals surface area contributed by atoms with Gasteiger partial charge in [-0.1, -0.05) is 285 Å². The molecule has 0 spiro atoms. The lowest BCUT2D eigenvalue weighted by Gasteiger charge is -2.18. The molecule has 0 aliphatic heterocycles. The minimum atomic E-state index is -0.761. The second-order valence-corrected chi connectivity index (χ2v) is 20.1. The number of rotatable bonds is 52. The predicted octanol–water partition coefficient (Wildman–Crippen LogP) is 18.6. The molecule has 0 radical (unpaired) electrons. The van der Waals surface area contributed by atoms with Gasteiger partial charge in [0.2, 0.25) is 0 Å². The minimum Gasteiger partial charge on any atom is -0.462 e. The smallest absolute Gasteiger partial charge is 0.306 e. The van der Waals surface area contributed by atoms with Crippen LogP contribution in [-0.2, 0) is 28.6 Å². The van der Waals surface area contributed by atoms with Crippen molar-refractivity contribution >= 4 is 17.9 Å². The molecule has 0 bridgehead atoms. The highest BCUT2D eigenvalue weighted by atomic mass is 16.6. The summed E-state index contributed by atoms with van der Waals surface area (Å²) in [7, 11) is 0. The molecule has 6 heteroatoms. The molecule has 0 unspecified atom stereocenters. The van der Waals surface area contributed by atoms with Crippen LogP contribution in [0.3, 0.4) is 0 Å². The monoisotopic (exact) mass is 891 g/mol. The first-order chi connectivity index (χ1) is 30.9. The predicted molar refractivity (Wildman–Crippen MR) is 270 cm³/mol. The summed E-state index contributed by atoms with van der Waals surface area (Å²) in [6.07, 6.45) is 55.2. The third-order valence-corrected chi connectivity index (χ3v) is 13.0. The topological polar surface area (TPSA) is 78.9 Å². The molecule has 0 N–H and O–H groups in total. The van der Waals surface area contributed by atoms with Gasteiger partial charge in [0.25, 0.3) is 0 Å². The summed E-state index contributed by atoms with van der Waals surface area (Å²) in [5, 5.41) is 0. The van der Waals surface area contributed by atoms with Gasteiger partial charge in [-0.15, -0.1) is 0 Å². The molecular formula is C57H110O6. The lowest BCUT2D eigenvalue weighted by molar-refractivity contribution is -0.167. The Balaban J connectivity index is 4.30. The summed E-state index contributed by atoms with van der Waals surface area (Å²) in [6.45, 7) is 9.05. The van der Waals surface area contributed by atoms with Crippen molar-refractivity contribution < 1.29 is 28.6 Å². The van der Waals surface area contributed by atoms with Gasteiger partial charge < -0.3 is 14.2 Å². The number of esters is 3. The standard InChI is InChI=1S/C57H110O6/c1-5-7-9-11-13-15-17-19-21-22-23-25-29-34-38-42-46-50-57(60)63-54(51-61-55(58)48-44-40-36-32-28-24-20-18-16-14-12-10-8-6-2)52-62-56(59)49-45-41-37-33-30-26-27-31-35-39-43-47-53(3)4/h53-54H,5-52H2,1-4H3/t54-/m1/s1. The summed E-state index contributed by atoms with van der Waals surface area (Å²) in [5.74, 6) is -0.0101. The summed E-state index contributed by atoms with van der Waals surface area (Å²) in [6, 6.07) is 0. The molecule has 63 heavy (non-hydrogen) atoms. The van der Waals surface area contributed by atoms with E-state index in [4.69, 9.17) is 14.2 Å². The first kappa shape index (κ1) is 61.4. The van der Waals surface area contributed by atoms with E-state index in [-0.39, 0.29) is 31.1 Å². The normalized spacial score (nSPS) is 12.0. The number of carbonyl (C=O) groups is 3. The van der Waals surface area contributed by atoms with Gasteiger partial charge in [-0.3, -0.25) is 14.4 Å². The van der Waals surface area contributed by atoms with Crippen LogP contribution < -0.4 is 0 Å². The Kier molecular flexibility index (Phi) is 50.1. The van der Waals surface area contributed by atoms with Crippen molar-refractivity contribution in [2.24, 2.45) is 5.92 Å². The SMILES string of the molecule is CCCCCCCCCCCCCCCCCCCC(=O)O[C@H](COC(=O)CCCCCCCCCCCCCCCC)COC(=O)CCCCCCCCCCCCCC(C)C. The summed E-state index contributed by atoms with van der Waals surface area (Å²) in [5.41, 5.74) is 0. The van der Waals surface area contributed by atoms with E-state index < -0.39 is 6.10 Å². The fourth-order valence-corrected chi connectivity index (χ4v) is 8.75. The third kappa shape index (κ3) is 51.3. The Morgan fingerprint density at radius 3 is 0.778 bits per heavy atom. The Morgan fingerprint density at radius 1 is 0.302 bits per heavy atom. The third-order valence-electron chi connectivity index (χ3n) is 13.0. The van der Waals surface area contributed by atoms with Crippen LogP contribution in [0.25, 0.3) is 0 Å². The van der Waals surface area contributed by atoms with E-state index in [0.29, 0.717) is 19.3 Å². The van der Waals surface area contributed by atoms with Crippen molar-refractivity contribution in [3.05, 3.63) is 0 Å². The van der Waals surface area contributed by atoms with E-state index in [2.05, 4.69) is 27.7 Å². The number of carbonyl (C=O) groups excluding carboxylic acids is 3. The van der Waals surface area contributed by atoms with Crippen molar-refractivity contribution in [3.8, 4) is 0 Å². The Morgan fingerprint density at radius 2 is 0.524 bits per heavy atom. The van der Waals surface area contributed by atoms with Crippen molar-refractivity contribution in [3.63, 3.8) is 0 Å². The molecule has 0 fully saturated rings. The largest absolute Gasteiger partial charge is 0.462 e. The van der Waals surface area contributed by atoms with Gasteiger partial charge in [-0.25, -0.2) is 0 Å². The maximum atomic E-state index is 12.8. The molecule has 0 heterocycles. The highest BCUT2D eigenvalue weighted by Crippen LogP contribution is 2.18. The maximum absolute atomic E-state index is 12.8. The molecule has 374 valence electrons. The zero-order chi connectivity index (χ0) is 45.9. The van der Waals surface area contributed by atoms with Gasteiger partial charge in [0, 0.05) is 19.3 Å². The summed E-state index contributed by atoms with van der Waals surface area (Å²) >= 11 is 0. The molecular weight excluding hydrogens is 781 g/mol. The fraction of sp³-hybridized carbons (Fsp3) is 0.947. The highest BCUT2D eigenvalue weighted by Gasteiger charge is 2.19. The van der Waals surface area contributed by atoms with Crippen molar-refractivity contribution in [2.45, 2.75) is 329 Å². The molecule has 0 aliphatic rings. The van der Waals surface area contributed by atoms with Gasteiger partial charge in [0.1, 0.15) is 13.2 Å². The first-order valence-corrected chi connectivity index (χ1v) is 28.4. The average molecular weight is 892 g/mol. The second-order valence-electron chi connectivity index (χ2n) is 20.1. The van der Waals surface area contributed by atoms with Gasteiger partial charge in [-0.2, -0.15) is 0 Å². The number of hydrogen-bond donors (Lipinski definition) is 0. The van der Waals surface area contributed by atoms with E-state index in [1.54, 1.807) is 0 Å². The number of hydrogen-bond acceptors (Lipinski definition) is 6. The molecule has 0 saturated carbocycles. The molecule has 0 aliphatic carbocycles. The van der Waals surface area contributed by atoms with Crippen LogP contribution in [-0.4, -0.2) is 37.2 Å². The second kappa shape index (κ2) is 51.4. The van der Waals surface area contributed by atoms with Crippen LogP contribution in [0.2, 0.25) is 0 Å². The van der Waals surface area contributed by atoms with Crippen LogP contribution in [0.15, 0.2) is 0 Å². The Bertz CT molecular complexity index is 949. The van der Waals surface area contributed by atoms with Gasteiger partial charge >= 0.3 is 17.9 Å². The highest BCUT2D eigenvalue weighted by molar-refractivity contribution is 5.71. The molecule has 1 atom stereocenters. The molecule has 0 aromatic heterocycles. The number of ether oxygens (including phenoxy) is 3. The van der Waals surface area contributed by atoms with E-state index in [1.807, 2.05) is 0 Å². The molecule has 0 aromatic carbocycles. The fourth-order valence-electron chi connectivity index (χ4n) is 8.75.